The molecule has 0 radical (unpaired) electrons. The molecule has 2 aromatic heterocycles. The highest BCUT2D eigenvalue weighted by atomic mass is 15.2. The van der Waals surface area contributed by atoms with Gasteiger partial charge in [0.2, 0.25) is 0 Å². The quantitative estimate of drug-likeness (QED) is 0.921. The molecule has 3 rings (SSSR count). The second kappa shape index (κ2) is 4.72. The molecule has 2 aromatic rings. The Morgan fingerprint density at radius 2 is 2.11 bits per heavy atom. The summed E-state index contributed by atoms with van der Waals surface area (Å²) < 4.78 is 4.13. The number of aryl methyl sites for hydroxylation is 1. The van der Waals surface area contributed by atoms with Gasteiger partial charge in [0.25, 0.3) is 0 Å². The van der Waals surface area contributed by atoms with Crippen molar-refractivity contribution in [1.29, 1.82) is 0 Å². The van der Waals surface area contributed by atoms with Gasteiger partial charge in [0.15, 0.2) is 0 Å². The first-order valence-corrected chi connectivity index (χ1v) is 7.05. The number of nitrogens with two attached hydrogens (primary N) is 1. The number of aromatic nitrogens is 4. The molecule has 1 saturated carbocycles. The first-order valence-electron chi connectivity index (χ1n) is 7.05. The Kier molecular flexibility index (Phi) is 3.05. The molecule has 0 unspecified atom stereocenters. The lowest BCUT2D eigenvalue weighted by molar-refractivity contribution is 0.635. The van der Waals surface area contributed by atoms with Crippen molar-refractivity contribution in [3.8, 4) is 11.4 Å². The zero-order valence-corrected chi connectivity index (χ0v) is 11.6. The van der Waals surface area contributed by atoms with Gasteiger partial charge in [-0.25, -0.2) is 9.97 Å². The van der Waals surface area contributed by atoms with Crippen LogP contribution in [-0.2, 0) is 13.6 Å². The number of hydrogen-bond donors (Lipinski definition) is 1. The second-order valence-electron chi connectivity index (χ2n) is 5.31. The largest absolute Gasteiger partial charge is 0.383 e. The minimum absolute atomic E-state index is 0.569. The van der Waals surface area contributed by atoms with E-state index in [0.717, 1.165) is 29.6 Å². The number of anilines is 1. The Morgan fingerprint density at radius 3 is 2.79 bits per heavy atom. The lowest BCUT2D eigenvalue weighted by Crippen LogP contribution is -2.05. The molecule has 5 heteroatoms. The SMILES string of the molecule is CCn1cncc1-c1nc(C2CCCC2)n(C)c1N. The van der Waals surface area contributed by atoms with E-state index < -0.39 is 0 Å². The predicted octanol–water partition coefficient (Wildman–Crippen LogP) is 2.54. The maximum absolute atomic E-state index is 6.25. The van der Waals surface area contributed by atoms with Crippen molar-refractivity contribution in [3.63, 3.8) is 0 Å². The molecule has 0 aliphatic heterocycles. The van der Waals surface area contributed by atoms with Gasteiger partial charge in [-0.2, -0.15) is 0 Å². The Morgan fingerprint density at radius 1 is 1.37 bits per heavy atom. The molecule has 2 heterocycles. The van der Waals surface area contributed by atoms with Gasteiger partial charge in [0, 0.05) is 19.5 Å². The molecule has 0 bridgehead atoms. The van der Waals surface area contributed by atoms with Gasteiger partial charge >= 0.3 is 0 Å². The Balaban J connectivity index is 2.05. The first kappa shape index (κ1) is 12.3. The van der Waals surface area contributed by atoms with Crippen molar-refractivity contribution in [2.24, 2.45) is 7.05 Å². The van der Waals surface area contributed by atoms with Crippen LogP contribution in [-0.4, -0.2) is 19.1 Å². The summed E-state index contributed by atoms with van der Waals surface area (Å²) in [6.07, 6.45) is 8.76. The third-order valence-electron chi connectivity index (χ3n) is 4.19. The van der Waals surface area contributed by atoms with Crippen LogP contribution in [0.25, 0.3) is 11.4 Å². The zero-order valence-electron chi connectivity index (χ0n) is 11.6. The molecule has 0 aromatic carbocycles. The molecule has 2 N–H and O–H groups in total. The van der Waals surface area contributed by atoms with E-state index in [1.54, 1.807) is 0 Å². The number of imidazole rings is 2. The molecule has 0 saturated heterocycles. The van der Waals surface area contributed by atoms with E-state index in [1.807, 2.05) is 19.6 Å². The van der Waals surface area contributed by atoms with Crippen LogP contribution in [0.1, 0.15) is 44.3 Å². The van der Waals surface area contributed by atoms with Gasteiger partial charge in [-0.05, 0) is 19.8 Å². The van der Waals surface area contributed by atoms with Crippen LogP contribution in [0.15, 0.2) is 12.5 Å². The van der Waals surface area contributed by atoms with Gasteiger partial charge in [-0.1, -0.05) is 12.8 Å². The molecule has 1 fully saturated rings. The minimum atomic E-state index is 0.569. The summed E-state index contributed by atoms with van der Waals surface area (Å²) in [6.45, 7) is 2.98. The summed E-state index contributed by atoms with van der Waals surface area (Å²) in [5.41, 5.74) is 8.14. The maximum Gasteiger partial charge on any atom is 0.133 e. The molecule has 102 valence electrons. The van der Waals surface area contributed by atoms with Crippen LogP contribution in [0.3, 0.4) is 0 Å². The van der Waals surface area contributed by atoms with Gasteiger partial charge in [0.1, 0.15) is 17.3 Å². The normalized spacial score (nSPS) is 16.3. The predicted molar refractivity (Wildman–Crippen MR) is 75.7 cm³/mol. The number of nitrogens with zero attached hydrogens (tertiary/aromatic N) is 4. The lowest BCUT2D eigenvalue weighted by Gasteiger charge is -2.08. The fourth-order valence-electron chi connectivity index (χ4n) is 3.04. The highest BCUT2D eigenvalue weighted by Crippen LogP contribution is 2.36. The van der Waals surface area contributed by atoms with Crippen molar-refractivity contribution >= 4 is 5.82 Å². The molecule has 0 atom stereocenters. The topological polar surface area (TPSA) is 61.7 Å². The minimum Gasteiger partial charge on any atom is -0.383 e. The highest BCUT2D eigenvalue weighted by Gasteiger charge is 2.25. The average Bonchev–Trinajstić information content (AvgIpc) is 3.12. The van der Waals surface area contributed by atoms with E-state index in [-0.39, 0.29) is 0 Å². The molecule has 5 nitrogen and oxygen atoms in total. The van der Waals surface area contributed by atoms with Crippen LogP contribution < -0.4 is 5.73 Å². The average molecular weight is 259 g/mol. The molecule has 19 heavy (non-hydrogen) atoms. The molecule has 1 aliphatic rings. The van der Waals surface area contributed by atoms with Crippen LogP contribution in [0.4, 0.5) is 5.82 Å². The molecular weight excluding hydrogens is 238 g/mol. The molecular formula is C14H21N5. The van der Waals surface area contributed by atoms with E-state index in [2.05, 4.69) is 21.0 Å². The summed E-state index contributed by atoms with van der Waals surface area (Å²) in [7, 11) is 2.02. The van der Waals surface area contributed by atoms with Gasteiger partial charge in [0.05, 0.1) is 18.2 Å². The monoisotopic (exact) mass is 259 g/mol. The van der Waals surface area contributed by atoms with E-state index in [9.17, 15) is 0 Å². The van der Waals surface area contributed by atoms with Gasteiger partial charge in [-0.3, -0.25) is 0 Å². The van der Waals surface area contributed by atoms with Crippen LogP contribution in [0, 0.1) is 0 Å². The smallest absolute Gasteiger partial charge is 0.133 e. The van der Waals surface area contributed by atoms with E-state index in [1.165, 1.54) is 25.7 Å². The fourth-order valence-corrected chi connectivity index (χ4v) is 3.04. The van der Waals surface area contributed by atoms with E-state index >= 15 is 0 Å². The standard InChI is InChI=1S/C14H21N5/c1-3-19-9-16-8-11(19)12-13(15)18(2)14(17-12)10-6-4-5-7-10/h8-10H,3-7,15H2,1-2H3. The third-order valence-corrected chi connectivity index (χ3v) is 4.19. The summed E-state index contributed by atoms with van der Waals surface area (Å²) in [6, 6.07) is 0. The highest BCUT2D eigenvalue weighted by molar-refractivity contribution is 5.68. The fraction of sp³-hybridized carbons (Fsp3) is 0.571. The van der Waals surface area contributed by atoms with Crippen molar-refractivity contribution in [2.75, 3.05) is 5.73 Å². The van der Waals surface area contributed by atoms with Crippen molar-refractivity contribution in [2.45, 2.75) is 45.1 Å². The number of hydrogen-bond acceptors (Lipinski definition) is 3. The first-order chi connectivity index (χ1) is 9.22. The molecule has 0 amide bonds. The summed E-state index contributed by atoms with van der Waals surface area (Å²) >= 11 is 0. The van der Waals surface area contributed by atoms with Crippen molar-refractivity contribution in [1.82, 2.24) is 19.1 Å². The third kappa shape index (κ3) is 1.93. The molecule has 1 aliphatic carbocycles. The van der Waals surface area contributed by atoms with E-state index in [0.29, 0.717) is 5.92 Å². The summed E-state index contributed by atoms with van der Waals surface area (Å²) in [4.78, 5) is 9.02. The Hall–Kier alpha value is -1.78. The second-order valence-corrected chi connectivity index (χ2v) is 5.31. The number of rotatable bonds is 3. The van der Waals surface area contributed by atoms with Gasteiger partial charge < -0.3 is 14.9 Å². The van der Waals surface area contributed by atoms with Crippen LogP contribution in [0.5, 0.6) is 0 Å². The van der Waals surface area contributed by atoms with Crippen molar-refractivity contribution in [3.05, 3.63) is 18.3 Å². The zero-order chi connectivity index (χ0) is 13.4. The number of nitrogen functional groups attached to an aromatic ring is 1. The van der Waals surface area contributed by atoms with Crippen LogP contribution >= 0.6 is 0 Å². The van der Waals surface area contributed by atoms with Crippen molar-refractivity contribution < 1.29 is 0 Å². The Bertz CT molecular complexity index is 575. The maximum atomic E-state index is 6.25. The van der Waals surface area contributed by atoms with Crippen LogP contribution in [0.2, 0.25) is 0 Å². The summed E-state index contributed by atoms with van der Waals surface area (Å²) in [5.74, 6) is 2.45. The summed E-state index contributed by atoms with van der Waals surface area (Å²) in [5, 5.41) is 0. The Labute approximate surface area is 113 Å². The van der Waals surface area contributed by atoms with E-state index in [4.69, 9.17) is 10.7 Å². The lowest BCUT2D eigenvalue weighted by atomic mass is 10.1. The van der Waals surface area contributed by atoms with Gasteiger partial charge in [-0.15, -0.1) is 0 Å². The molecule has 0 spiro atoms.